The summed E-state index contributed by atoms with van der Waals surface area (Å²) in [5.41, 5.74) is 4.43. The Labute approximate surface area is 429 Å². The highest BCUT2D eigenvalue weighted by molar-refractivity contribution is 6.31. The van der Waals surface area contributed by atoms with Gasteiger partial charge >= 0.3 is 0 Å². The van der Waals surface area contributed by atoms with Crippen molar-refractivity contribution >= 4 is 46.7 Å². The van der Waals surface area contributed by atoms with Gasteiger partial charge < -0.3 is 33.6 Å². The molecule has 0 radical (unpaired) electrons. The minimum Gasteiger partial charge on any atom is -0.457 e. The fourth-order valence-electron chi connectivity index (χ4n) is 9.75. The highest BCUT2D eigenvalue weighted by Crippen LogP contribution is 2.33. The van der Waals surface area contributed by atoms with Gasteiger partial charge in [-0.25, -0.2) is 4.98 Å². The number of aromatic nitrogens is 2. The number of Topliss-reactive ketones (excluding diaryl/α,β-unsaturated/α-hetero) is 1. The average molecular weight is 1010 g/mol. The number of carbonyl (C=O) groups is 4. The molecule has 1 aromatic heterocycles. The van der Waals surface area contributed by atoms with Gasteiger partial charge in [-0.15, -0.1) is 0 Å². The molecule has 2 fully saturated rings. The molecule has 0 saturated carbocycles. The third-order valence-corrected chi connectivity index (χ3v) is 14.5. The average Bonchev–Trinajstić information content (AvgIpc) is 4.01. The number of carbonyl (C=O) groups excluding carboxylic acids is 4. The largest absolute Gasteiger partial charge is 0.457 e. The zero-order valence-electron chi connectivity index (χ0n) is 42.1. The summed E-state index contributed by atoms with van der Waals surface area (Å²) in [5, 5.41) is 1.02. The number of nitrogens with zero attached hydrogens (tertiary/aromatic N) is 7. The third-order valence-electron chi connectivity index (χ3n) is 14.0. The lowest BCUT2D eigenvalue weighted by Gasteiger charge is -2.38. The number of ketones is 1. The number of rotatable bonds is 17. The summed E-state index contributed by atoms with van der Waals surface area (Å²) in [4.78, 5) is 74.2. The van der Waals surface area contributed by atoms with Crippen LogP contribution in [0.2, 0.25) is 10.0 Å². The van der Waals surface area contributed by atoms with E-state index in [1.807, 2.05) is 111 Å². The first kappa shape index (κ1) is 53.2. The summed E-state index contributed by atoms with van der Waals surface area (Å²) in [6.07, 6.45) is 5.41. The Morgan fingerprint density at radius 3 is 2.15 bits per heavy atom. The molecule has 13 nitrogen and oxygen atoms in total. The topological polar surface area (TPSA) is 121 Å². The quantitative estimate of drug-likeness (QED) is 0.0900. The lowest BCUT2D eigenvalue weighted by molar-refractivity contribution is -0.148. The molecule has 3 amide bonds. The Morgan fingerprint density at radius 2 is 1.46 bits per heavy atom. The van der Waals surface area contributed by atoms with Gasteiger partial charge in [-0.05, 0) is 132 Å². The molecule has 4 aromatic carbocycles. The molecule has 5 aromatic rings. The number of methoxy groups -OCH3 is 1. The van der Waals surface area contributed by atoms with Gasteiger partial charge in [0.15, 0.2) is 5.78 Å². The van der Waals surface area contributed by atoms with E-state index < -0.39 is 23.9 Å². The number of hydrogen-bond donors (Lipinski definition) is 0. The van der Waals surface area contributed by atoms with E-state index in [2.05, 4.69) is 14.4 Å². The molecule has 4 atom stereocenters. The van der Waals surface area contributed by atoms with Crippen molar-refractivity contribution in [2.75, 3.05) is 67.6 Å². The first-order valence-electron chi connectivity index (χ1n) is 24.8. The molecular formula is C56H69Cl2N7O6. The molecule has 71 heavy (non-hydrogen) atoms. The zero-order valence-corrected chi connectivity index (χ0v) is 43.6. The zero-order chi connectivity index (χ0) is 50.6. The molecule has 2 saturated heterocycles. The Kier molecular flexibility index (Phi) is 18.9. The molecule has 0 bridgehead atoms. The Balaban J connectivity index is 1.22. The van der Waals surface area contributed by atoms with Crippen molar-refractivity contribution in [2.45, 2.75) is 77.0 Å². The number of imidazole rings is 1. The first-order valence-corrected chi connectivity index (χ1v) is 25.5. The number of likely N-dealkylation sites (tertiary alicyclic amines) is 1. The minimum absolute atomic E-state index is 0.0117. The SMILES string of the molecule is COC[C@@H]1CC(=O)[C@H](C)N(Cc2ccc(Cl)cc2Oc2ccc(-c3cnc(CN4CCCC4)n3C)cc2)C(=O)C[C@@H](Cc2ccccc2)C(=O)N(CCCN(C)C)C[C@@H](Cc2ccc(Cl)cc2)N(C)C1=O. The molecule has 3 heterocycles. The van der Waals surface area contributed by atoms with Crippen molar-refractivity contribution in [1.29, 1.82) is 0 Å². The van der Waals surface area contributed by atoms with E-state index in [1.54, 1.807) is 37.1 Å². The van der Waals surface area contributed by atoms with Gasteiger partial charge in [-0.3, -0.25) is 24.1 Å². The maximum Gasteiger partial charge on any atom is 0.228 e. The van der Waals surface area contributed by atoms with Crippen LogP contribution in [-0.4, -0.2) is 137 Å². The summed E-state index contributed by atoms with van der Waals surface area (Å²) in [6, 6.07) is 28.7. The van der Waals surface area contributed by atoms with E-state index in [0.717, 1.165) is 54.4 Å². The number of benzene rings is 4. The Hall–Kier alpha value is -5.57. The van der Waals surface area contributed by atoms with E-state index >= 15 is 9.59 Å². The van der Waals surface area contributed by atoms with Gasteiger partial charge in [0, 0.05) is 68.3 Å². The molecular weight excluding hydrogens is 938 g/mol. The maximum atomic E-state index is 15.3. The third kappa shape index (κ3) is 14.3. The minimum atomic E-state index is -0.992. The molecule has 0 spiro atoms. The summed E-state index contributed by atoms with van der Waals surface area (Å²) < 4.78 is 14.3. The fourth-order valence-corrected chi connectivity index (χ4v) is 10.0. The molecule has 0 aliphatic carbocycles. The van der Waals surface area contributed by atoms with Crippen molar-refractivity contribution in [3.8, 4) is 22.8 Å². The van der Waals surface area contributed by atoms with Crippen LogP contribution in [0, 0.1) is 11.8 Å². The second-order valence-electron chi connectivity index (χ2n) is 19.5. The van der Waals surface area contributed by atoms with Gasteiger partial charge in [0.05, 0.1) is 55.5 Å². The molecule has 0 N–H and O–H groups in total. The van der Waals surface area contributed by atoms with Crippen molar-refractivity contribution < 1.29 is 28.7 Å². The van der Waals surface area contributed by atoms with Gasteiger partial charge in [-0.2, -0.15) is 0 Å². The van der Waals surface area contributed by atoms with Gasteiger partial charge in [-0.1, -0.05) is 71.7 Å². The van der Waals surface area contributed by atoms with Crippen molar-refractivity contribution in [2.24, 2.45) is 18.9 Å². The Bertz CT molecular complexity index is 2570. The van der Waals surface area contributed by atoms with Crippen LogP contribution in [0.4, 0.5) is 0 Å². The maximum absolute atomic E-state index is 15.3. The molecule has 0 unspecified atom stereocenters. The van der Waals surface area contributed by atoms with Crippen LogP contribution >= 0.6 is 23.2 Å². The Morgan fingerprint density at radius 1 is 0.775 bits per heavy atom. The standard InChI is InChI=1S/C56H69Cl2N7O6/c1-39-51(66)31-45(38-70-6)55(68)61(4)48(30-41-15-20-46(57)21-16-41)36-64(28-12-25-60(2)3)56(69)44(29-40-13-8-7-9-14-40)32-54(67)65(39)35-43-17-22-47(58)33-52(43)71-49-23-18-42(19-24-49)50-34-59-53(62(50)5)37-63-26-10-11-27-63/h7-9,13-24,33-34,39,44-45,48H,10-12,25-32,35-38H2,1-6H3/t39-,44+,45-,48+/m0/s1. The molecule has 15 heteroatoms. The van der Waals surface area contributed by atoms with Crippen molar-refractivity contribution in [3.63, 3.8) is 0 Å². The van der Waals surface area contributed by atoms with Gasteiger partial charge in [0.1, 0.15) is 17.3 Å². The van der Waals surface area contributed by atoms with Crippen LogP contribution in [0.25, 0.3) is 11.3 Å². The van der Waals surface area contributed by atoms with Crippen LogP contribution < -0.4 is 4.74 Å². The van der Waals surface area contributed by atoms with Crippen LogP contribution in [0.3, 0.4) is 0 Å². The number of amides is 3. The lowest BCUT2D eigenvalue weighted by Crippen LogP contribution is -2.53. The smallest absolute Gasteiger partial charge is 0.228 e. The van der Waals surface area contributed by atoms with Gasteiger partial charge in [0.2, 0.25) is 17.7 Å². The number of likely N-dealkylation sites (N-methyl/N-ethyl adjacent to an activating group) is 1. The van der Waals surface area contributed by atoms with E-state index in [-0.39, 0.29) is 56.0 Å². The highest BCUT2D eigenvalue weighted by atomic mass is 35.5. The first-order chi connectivity index (χ1) is 34.2. The predicted molar refractivity (Wildman–Crippen MR) is 279 cm³/mol. The molecule has 2 aliphatic heterocycles. The normalized spacial score (nSPS) is 20.0. The van der Waals surface area contributed by atoms with Crippen molar-refractivity contribution in [3.05, 3.63) is 136 Å². The summed E-state index contributed by atoms with van der Waals surface area (Å²) in [6.45, 7) is 5.99. The molecule has 7 rings (SSSR count). The van der Waals surface area contributed by atoms with Gasteiger partial charge in [0.25, 0.3) is 0 Å². The predicted octanol–water partition coefficient (Wildman–Crippen LogP) is 8.83. The summed E-state index contributed by atoms with van der Waals surface area (Å²) in [5.74, 6) is -0.821. The van der Waals surface area contributed by atoms with Crippen LogP contribution in [0.1, 0.15) is 61.5 Å². The van der Waals surface area contributed by atoms with E-state index in [1.165, 1.54) is 24.9 Å². The highest BCUT2D eigenvalue weighted by Gasteiger charge is 2.38. The summed E-state index contributed by atoms with van der Waals surface area (Å²) >= 11 is 12.9. The fraction of sp³-hybridized carbons (Fsp3) is 0.446. The second kappa shape index (κ2) is 25.2. The molecule has 378 valence electrons. The van der Waals surface area contributed by atoms with Crippen LogP contribution in [-0.2, 0) is 56.9 Å². The van der Waals surface area contributed by atoms with Crippen molar-refractivity contribution in [1.82, 2.24) is 34.1 Å². The summed E-state index contributed by atoms with van der Waals surface area (Å²) in [7, 11) is 9.27. The van der Waals surface area contributed by atoms with E-state index in [4.69, 9.17) is 37.7 Å². The lowest BCUT2D eigenvalue weighted by atomic mass is 9.91. The number of hydrogen-bond acceptors (Lipinski definition) is 9. The van der Waals surface area contributed by atoms with Crippen LogP contribution in [0.15, 0.2) is 103 Å². The number of ether oxygens (including phenoxy) is 2. The second-order valence-corrected chi connectivity index (χ2v) is 20.3. The molecule has 2 aliphatic rings. The van der Waals surface area contributed by atoms with E-state index in [0.29, 0.717) is 52.9 Å². The van der Waals surface area contributed by atoms with E-state index in [9.17, 15) is 9.59 Å². The number of halogens is 2. The monoisotopic (exact) mass is 1010 g/mol. The van der Waals surface area contributed by atoms with Crippen LogP contribution in [0.5, 0.6) is 11.5 Å².